The maximum absolute atomic E-state index is 12.2. The van der Waals surface area contributed by atoms with E-state index in [4.69, 9.17) is 4.42 Å². The molecule has 0 aliphatic carbocycles. The van der Waals surface area contributed by atoms with E-state index in [0.29, 0.717) is 17.1 Å². The number of rotatable bonds is 5. The number of nitrogens with one attached hydrogen (secondary N) is 1. The van der Waals surface area contributed by atoms with E-state index in [1.807, 2.05) is 0 Å². The Morgan fingerprint density at radius 1 is 1.32 bits per heavy atom. The zero-order chi connectivity index (χ0) is 16.3. The predicted octanol–water partition coefficient (Wildman–Crippen LogP) is 1.56. The van der Waals surface area contributed by atoms with Crippen LogP contribution in [0.4, 0.5) is 0 Å². The van der Waals surface area contributed by atoms with Crippen LogP contribution in [0.15, 0.2) is 33.8 Å². The summed E-state index contributed by atoms with van der Waals surface area (Å²) in [7, 11) is -2.43. The number of esters is 1. The summed E-state index contributed by atoms with van der Waals surface area (Å²) >= 11 is 0. The molecule has 0 spiro atoms. The van der Waals surface area contributed by atoms with Crippen LogP contribution < -0.4 is 4.72 Å². The summed E-state index contributed by atoms with van der Waals surface area (Å²) in [6.45, 7) is 3.26. The van der Waals surface area contributed by atoms with Crippen molar-refractivity contribution in [3.05, 3.63) is 47.2 Å². The molecule has 0 atom stereocenters. The molecule has 0 radical (unpaired) electrons. The highest BCUT2D eigenvalue weighted by Crippen LogP contribution is 2.19. The summed E-state index contributed by atoms with van der Waals surface area (Å²) in [4.78, 5) is 15.4. The number of sulfonamides is 1. The average molecular weight is 324 g/mol. The molecule has 0 aromatic carbocycles. The van der Waals surface area contributed by atoms with Crippen LogP contribution in [0.5, 0.6) is 0 Å². The summed E-state index contributed by atoms with van der Waals surface area (Å²) in [6.07, 6.45) is 2.83. The Morgan fingerprint density at radius 3 is 2.64 bits per heavy atom. The number of methoxy groups -OCH3 is 1. The van der Waals surface area contributed by atoms with Gasteiger partial charge < -0.3 is 9.15 Å². The van der Waals surface area contributed by atoms with Gasteiger partial charge in [-0.3, -0.25) is 4.98 Å². The largest absolute Gasteiger partial charge is 0.465 e. The van der Waals surface area contributed by atoms with E-state index in [9.17, 15) is 13.2 Å². The van der Waals surface area contributed by atoms with E-state index < -0.39 is 16.0 Å². The lowest BCUT2D eigenvalue weighted by atomic mass is 10.2. The molecule has 0 unspecified atom stereocenters. The van der Waals surface area contributed by atoms with Crippen LogP contribution in [0, 0.1) is 13.8 Å². The third-order valence-electron chi connectivity index (χ3n) is 2.97. The zero-order valence-corrected chi connectivity index (χ0v) is 13.2. The Kier molecular flexibility index (Phi) is 4.62. The van der Waals surface area contributed by atoms with Gasteiger partial charge in [-0.2, -0.15) is 0 Å². The second kappa shape index (κ2) is 6.29. The summed E-state index contributed by atoms with van der Waals surface area (Å²) in [6, 6.07) is 2.98. The van der Waals surface area contributed by atoms with Crippen molar-refractivity contribution in [2.75, 3.05) is 7.11 Å². The third-order valence-corrected chi connectivity index (χ3v) is 4.48. The van der Waals surface area contributed by atoms with Gasteiger partial charge in [-0.25, -0.2) is 17.9 Å². The molecule has 1 N–H and O–H groups in total. The normalized spacial score (nSPS) is 11.4. The van der Waals surface area contributed by atoms with Gasteiger partial charge in [0.05, 0.1) is 12.7 Å². The van der Waals surface area contributed by atoms with E-state index in [0.717, 1.165) is 0 Å². The minimum Gasteiger partial charge on any atom is -0.465 e. The quantitative estimate of drug-likeness (QED) is 0.838. The highest BCUT2D eigenvalue weighted by Gasteiger charge is 2.20. The van der Waals surface area contributed by atoms with E-state index in [2.05, 4.69) is 14.4 Å². The molecule has 0 aliphatic rings. The number of ether oxygens (including phenoxy) is 1. The Hall–Kier alpha value is -2.19. The van der Waals surface area contributed by atoms with E-state index in [1.165, 1.54) is 31.6 Å². The fourth-order valence-electron chi connectivity index (χ4n) is 1.94. The smallest absolute Gasteiger partial charge is 0.339 e. The number of pyridine rings is 1. The second-order valence-electron chi connectivity index (χ2n) is 4.68. The monoisotopic (exact) mass is 324 g/mol. The molecule has 0 saturated carbocycles. The predicted molar refractivity (Wildman–Crippen MR) is 77.8 cm³/mol. The van der Waals surface area contributed by atoms with Gasteiger partial charge >= 0.3 is 5.97 Å². The van der Waals surface area contributed by atoms with Crippen LogP contribution in [0.2, 0.25) is 0 Å². The molecule has 2 rings (SSSR count). The van der Waals surface area contributed by atoms with Crippen LogP contribution in [0.1, 0.15) is 27.4 Å². The van der Waals surface area contributed by atoms with Crippen molar-refractivity contribution >= 4 is 16.0 Å². The fraction of sp³-hybridized carbons (Fsp3) is 0.286. The van der Waals surface area contributed by atoms with Gasteiger partial charge in [0.15, 0.2) is 0 Å². The first-order valence-corrected chi connectivity index (χ1v) is 7.91. The van der Waals surface area contributed by atoms with Gasteiger partial charge in [-0.1, -0.05) is 0 Å². The van der Waals surface area contributed by atoms with Crippen LogP contribution in [0.25, 0.3) is 0 Å². The summed E-state index contributed by atoms with van der Waals surface area (Å²) < 4.78 is 36.7. The fourth-order valence-corrected chi connectivity index (χ4v) is 3.20. The molecule has 2 aromatic rings. The van der Waals surface area contributed by atoms with E-state index in [1.54, 1.807) is 13.8 Å². The van der Waals surface area contributed by atoms with Gasteiger partial charge in [0.2, 0.25) is 10.0 Å². The molecule has 0 aliphatic heterocycles. The molecule has 7 nitrogen and oxygen atoms in total. The van der Waals surface area contributed by atoms with Gasteiger partial charge in [0, 0.05) is 18.9 Å². The second-order valence-corrected chi connectivity index (χ2v) is 6.41. The van der Waals surface area contributed by atoms with E-state index in [-0.39, 0.29) is 17.0 Å². The number of hydrogen-bond donors (Lipinski definition) is 1. The first-order valence-electron chi connectivity index (χ1n) is 6.42. The number of furan rings is 1. The summed E-state index contributed by atoms with van der Waals surface area (Å²) in [5.41, 5.74) is 0.805. The van der Waals surface area contributed by atoms with Crippen molar-refractivity contribution in [1.82, 2.24) is 9.71 Å². The lowest BCUT2D eigenvalue weighted by Gasteiger charge is -2.06. The third kappa shape index (κ3) is 3.52. The highest BCUT2D eigenvalue weighted by atomic mass is 32.2. The van der Waals surface area contributed by atoms with Gasteiger partial charge in [0.25, 0.3) is 0 Å². The molecular weight excluding hydrogens is 308 g/mol. The SMILES string of the molecule is COC(=O)c1cncc(CNS(=O)(=O)c2cc(C)oc2C)c1. The minimum atomic E-state index is -3.69. The van der Waals surface area contributed by atoms with Crippen LogP contribution in [-0.2, 0) is 21.3 Å². The van der Waals surface area contributed by atoms with Crippen LogP contribution >= 0.6 is 0 Å². The first kappa shape index (κ1) is 16.2. The Labute approximate surface area is 128 Å². The molecule has 2 heterocycles. The van der Waals surface area contributed by atoms with Crippen molar-refractivity contribution in [1.29, 1.82) is 0 Å². The molecule has 2 aromatic heterocycles. The maximum Gasteiger partial charge on any atom is 0.339 e. The number of aromatic nitrogens is 1. The molecule has 22 heavy (non-hydrogen) atoms. The first-order chi connectivity index (χ1) is 10.3. The number of carbonyl (C=O) groups excluding carboxylic acids is 1. The van der Waals surface area contributed by atoms with Crippen molar-refractivity contribution in [2.45, 2.75) is 25.3 Å². The maximum atomic E-state index is 12.2. The van der Waals surface area contributed by atoms with Crippen LogP contribution in [0.3, 0.4) is 0 Å². The number of aryl methyl sites for hydroxylation is 2. The summed E-state index contributed by atoms with van der Waals surface area (Å²) in [5, 5.41) is 0. The van der Waals surface area contributed by atoms with Crippen molar-refractivity contribution in [3.63, 3.8) is 0 Å². The zero-order valence-electron chi connectivity index (χ0n) is 12.4. The highest BCUT2D eigenvalue weighted by molar-refractivity contribution is 7.89. The molecule has 0 fully saturated rings. The molecule has 8 heteroatoms. The lowest BCUT2D eigenvalue weighted by Crippen LogP contribution is -2.23. The van der Waals surface area contributed by atoms with Crippen molar-refractivity contribution in [3.8, 4) is 0 Å². The Bertz CT molecular complexity index is 795. The van der Waals surface area contributed by atoms with Crippen molar-refractivity contribution < 1.29 is 22.4 Å². The van der Waals surface area contributed by atoms with Gasteiger partial charge in [-0.05, 0) is 31.5 Å². The Morgan fingerprint density at radius 2 is 2.05 bits per heavy atom. The van der Waals surface area contributed by atoms with Gasteiger partial charge in [0.1, 0.15) is 16.4 Å². The summed E-state index contributed by atoms with van der Waals surface area (Å²) in [5.74, 6) is 0.317. The standard InChI is InChI=1S/C14H16N2O5S/c1-9-4-13(10(2)21-9)22(18,19)16-7-11-5-12(8-15-6-11)14(17)20-3/h4-6,8,16H,7H2,1-3H3. The molecular formula is C14H16N2O5S. The average Bonchev–Trinajstić information content (AvgIpc) is 2.84. The Balaban J connectivity index is 2.16. The number of nitrogens with zero attached hydrogens (tertiary/aromatic N) is 1. The topological polar surface area (TPSA) is 98.5 Å². The van der Waals surface area contributed by atoms with Crippen molar-refractivity contribution in [2.24, 2.45) is 0 Å². The molecule has 0 amide bonds. The molecule has 118 valence electrons. The molecule has 0 bridgehead atoms. The number of hydrogen-bond acceptors (Lipinski definition) is 6. The number of carbonyl (C=O) groups is 1. The minimum absolute atomic E-state index is 0.00380. The van der Waals surface area contributed by atoms with E-state index >= 15 is 0 Å². The van der Waals surface area contributed by atoms with Gasteiger partial charge in [-0.15, -0.1) is 0 Å². The lowest BCUT2D eigenvalue weighted by molar-refractivity contribution is 0.0600. The molecule has 0 saturated heterocycles. The van der Waals surface area contributed by atoms with Crippen LogP contribution in [-0.4, -0.2) is 26.5 Å².